The monoisotopic (exact) mass is 368 g/mol. The minimum atomic E-state index is -0.199. The summed E-state index contributed by atoms with van der Waals surface area (Å²) >= 11 is 0. The third kappa shape index (κ3) is 4.21. The van der Waals surface area contributed by atoms with Crippen molar-refractivity contribution in [2.45, 2.75) is 63.8 Å². The molecule has 1 amide bonds. The number of carbonyl (C=O) groups is 1. The molecule has 1 aromatic carbocycles. The van der Waals surface area contributed by atoms with Crippen molar-refractivity contribution < 1.29 is 9.53 Å². The Bertz CT molecular complexity index is 770. The first-order valence-electron chi connectivity index (χ1n) is 10.7. The molecule has 0 spiro atoms. The first-order chi connectivity index (χ1) is 13.2. The Hall–Kier alpha value is -1.81. The number of fused-ring (bicyclic) bond motifs is 1. The largest absolute Gasteiger partial charge is 0.381 e. The van der Waals surface area contributed by atoms with Gasteiger partial charge in [-0.25, -0.2) is 0 Å². The van der Waals surface area contributed by atoms with Gasteiger partial charge in [0.15, 0.2) is 0 Å². The smallest absolute Gasteiger partial charge is 0.218 e. The summed E-state index contributed by atoms with van der Waals surface area (Å²) in [6.07, 6.45) is 11.6. The van der Waals surface area contributed by atoms with Gasteiger partial charge in [0.05, 0.1) is 0 Å². The van der Waals surface area contributed by atoms with Crippen LogP contribution in [0.2, 0.25) is 0 Å². The molecule has 4 nitrogen and oxygen atoms in total. The Morgan fingerprint density at radius 3 is 2.59 bits per heavy atom. The van der Waals surface area contributed by atoms with Gasteiger partial charge in [-0.3, -0.25) is 4.79 Å². The Labute approximate surface area is 162 Å². The van der Waals surface area contributed by atoms with Crippen molar-refractivity contribution in [1.29, 1.82) is 0 Å². The van der Waals surface area contributed by atoms with E-state index in [1.165, 1.54) is 48.6 Å². The number of carbonyl (C=O) groups excluding carboxylic acids is 1. The average molecular weight is 369 g/mol. The zero-order valence-corrected chi connectivity index (χ0v) is 16.2. The number of amides is 1. The van der Waals surface area contributed by atoms with Gasteiger partial charge < -0.3 is 15.0 Å². The molecule has 1 saturated carbocycles. The van der Waals surface area contributed by atoms with E-state index in [4.69, 9.17) is 10.5 Å². The fourth-order valence-electron chi connectivity index (χ4n) is 5.24. The van der Waals surface area contributed by atoms with Gasteiger partial charge in [-0.1, -0.05) is 37.5 Å². The van der Waals surface area contributed by atoms with E-state index < -0.39 is 0 Å². The summed E-state index contributed by atoms with van der Waals surface area (Å²) in [6, 6.07) is 8.69. The molecule has 27 heavy (non-hydrogen) atoms. The molecule has 2 fully saturated rings. The molecule has 0 bridgehead atoms. The summed E-state index contributed by atoms with van der Waals surface area (Å²) in [5.41, 5.74) is 8.28. The van der Waals surface area contributed by atoms with E-state index in [1.807, 2.05) is 0 Å². The van der Waals surface area contributed by atoms with Crippen LogP contribution >= 0.6 is 0 Å². The number of primary amides is 1. The van der Waals surface area contributed by atoms with Gasteiger partial charge in [-0.15, -0.1) is 0 Å². The van der Waals surface area contributed by atoms with E-state index in [2.05, 4.69) is 35.0 Å². The number of para-hydroxylation sites is 1. The van der Waals surface area contributed by atoms with Crippen LogP contribution in [0.5, 0.6) is 0 Å². The van der Waals surface area contributed by atoms with Crippen LogP contribution in [0.15, 0.2) is 30.5 Å². The molecule has 1 aliphatic carbocycles. The quantitative estimate of drug-likeness (QED) is 0.809. The Kier molecular flexibility index (Phi) is 5.82. The first-order valence-corrected chi connectivity index (χ1v) is 10.7. The third-order valence-electron chi connectivity index (χ3n) is 6.65. The van der Waals surface area contributed by atoms with E-state index in [0.29, 0.717) is 12.3 Å². The lowest BCUT2D eigenvalue weighted by Crippen LogP contribution is -2.26. The Morgan fingerprint density at radius 2 is 1.85 bits per heavy atom. The lowest BCUT2D eigenvalue weighted by Gasteiger charge is -2.29. The average Bonchev–Trinajstić information content (AvgIpc) is 3.06. The molecule has 1 unspecified atom stereocenters. The van der Waals surface area contributed by atoms with E-state index >= 15 is 0 Å². The number of rotatable bonds is 6. The van der Waals surface area contributed by atoms with Crippen LogP contribution in [0.3, 0.4) is 0 Å². The summed E-state index contributed by atoms with van der Waals surface area (Å²) in [7, 11) is 0. The highest BCUT2D eigenvalue weighted by molar-refractivity contribution is 5.85. The molecule has 1 aromatic heterocycles. The van der Waals surface area contributed by atoms with Crippen LogP contribution in [0.4, 0.5) is 0 Å². The standard InChI is InChI=1S/C23H32N2O2/c24-23(26)14-20(18-10-12-27-13-11-18)21-16-25(15-17-6-2-1-3-7-17)22-9-5-4-8-19(21)22/h4-5,8-9,16-18,20H,1-3,6-7,10-15H2,(H2,24,26). The topological polar surface area (TPSA) is 57.2 Å². The predicted molar refractivity (Wildman–Crippen MR) is 109 cm³/mol. The van der Waals surface area contributed by atoms with Crippen molar-refractivity contribution in [1.82, 2.24) is 4.57 Å². The van der Waals surface area contributed by atoms with Gasteiger partial charge in [0.2, 0.25) is 5.91 Å². The van der Waals surface area contributed by atoms with Crippen molar-refractivity contribution in [3.05, 3.63) is 36.0 Å². The van der Waals surface area contributed by atoms with Gasteiger partial charge in [0.25, 0.3) is 0 Å². The van der Waals surface area contributed by atoms with Crippen LogP contribution in [0, 0.1) is 11.8 Å². The molecule has 2 N–H and O–H groups in total. The molecule has 1 aliphatic heterocycles. The number of ether oxygens (including phenoxy) is 1. The summed E-state index contributed by atoms with van der Waals surface area (Å²) in [5, 5.41) is 1.30. The summed E-state index contributed by atoms with van der Waals surface area (Å²) in [6.45, 7) is 2.68. The van der Waals surface area contributed by atoms with Crippen LogP contribution in [0.1, 0.15) is 62.8 Å². The van der Waals surface area contributed by atoms with Crippen molar-refractivity contribution in [3.63, 3.8) is 0 Å². The number of benzene rings is 1. The number of hydrogen-bond donors (Lipinski definition) is 1. The maximum absolute atomic E-state index is 11.9. The highest BCUT2D eigenvalue weighted by atomic mass is 16.5. The van der Waals surface area contributed by atoms with Gasteiger partial charge in [-0.05, 0) is 55.1 Å². The van der Waals surface area contributed by atoms with Crippen LogP contribution in [0.25, 0.3) is 10.9 Å². The molecule has 1 atom stereocenters. The third-order valence-corrected chi connectivity index (χ3v) is 6.65. The van der Waals surface area contributed by atoms with Gasteiger partial charge in [0, 0.05) is 43.3 Å². The molecule has 2 aromatic rings. The maximum Gasteiger partial charge on any atom is 0.218 e. The normalized spacial score (nSPS) is 20.7. The van der Waals surface area contributed by atoms with Crippen molar-refractivity contribution in [2.24, 2.45) is 17.6 Å². The molecular weight excluding hydrogens is 336 g/mol. The van der Waals surface area contributed by atoms with E-state index in [9.17, 15) is 4.79 Å². The number of hydrogen-bond acceptors (Lipinski definition) is 2. The van der Waals surface area contributed by atoms with E-state index in [0.717, 1.165) is 38.5 Å². The van der Waals surface area contributed by atoms with E-state index in [1.54, 1.807) is 0 Å². The number of nitrogens with two attached hydrogens (primary N) is 1. The van der Waals surface area contributed by atoms with Crippen LogP contribution in [-0.2, 0) is 16.1 Å². The predicted octanol–water partition coefficient (Wildman–Crippen LogP) is 4.61. The zero-order chi connectivity index (χ0) is 18.6. The number of nitrogens with zero attached hydrogens (tertiary/aromatic N) is 1. The summed E-state index contributed by atoms with van der Waals surface area (Å²) in [5.74, 6) is 1.25. The highest BCUT2D eigenvalue weighted by Gasteiger charge is 2.29. The van der Waals surface area contributed by atoms with Crippen LogP contribution in [-0.4, -0.2) is 23.7 Å². The van der Waals surface area contributed by atoms with Gasteiger partial charge in [-0.2, -0.15) is 0 Å². The van der Waals surface area contributed by atoms with Gasteiger partial charge in [0.1, 0.15) is 0 Å². The van der Waals surface area contributed by atoms with Crippen molar-refractivity contribution >= 4 is 16.8 Å². The summed E-state index contributed by atoms with van der Waals surface area (Å²) in [4.78, 5) is 11.9. The SMILES string of the molecule is NC(=O)CC(c1cn(CC2CCCCC2)c2ccccc12)C1CCOCC1. The molecule has 146 valence electrons. The maximum atomic E-state index is 11.9. The zero-order valence-electron chi connectivity index (χ0n) is 16.2. The second-order valence-corrected chi connectivity index (χ2v) is 8.48. The lowest BCUT2D eigenvalue weighted by atomic mass is 9.79. The van der Waals surface area contributed by atoms with Crippen molar-refractivity contribution in [3.8, 4) is 0 Å². The Balaban J connectivity index is 1.68. The molecule has 4 heteroatoms. The second-order valence-electron chi connectivity index (χ2n) is 8.48. The van der Waals surface area contributed by atoms with E-state index in [-0.39, 0.29) is 11.8 Å². The molecular formula is C23H32N2O2. The lowest BCUT2D eigenvalue weighted by molar-refractivity contribution is -0.118. The molecule has 2 heterocycles. The molecule has 4 rings (SSSR count). The van der Waals surface area contributed by atoms with Gasteiger partial charge >= 0.3 is 0 Å². The number of aromatic nitrogens is 1. The molecule has 1 saturated heterocycles. The van der Waals surface area contributed by atoms with Crippen LogP contribution < -0.4 is 5.73 Å². The fourth-order valence-corrected chi connectivity index (χ4v) is 5.24. The first kappa shape index (κ1) is 18.5. The molecule has 2 aliphatic rings. The summed E-state index contributed by atoms with van der Waals surface area (Å²) < 4.78 is 8.01. The second kappa shape index (κ2) is 8.47. The Morgan fingerprint density at radius 1 is 1.11 bits per heavy atom. The molecule has 0 radical (unpaired) electrons. The van der Waals surface area contributed by atoms with Crippen molar-refractivity contribution in [2.75, 3.05) is 13.2 Å². The highest BCUT2D eigenvalue weighted by Crippen LogP contribution is 2.39. The fraction of sp³-hybridized carbons (Fsp3) is 0.609. The minimum absolute atomic E-state index is 0.198. The minimum Gasteiger partial charge on any atom is -0.381 e.